The van der Waals surface area contributed by atoms with Gasteiger partial charge in [0, 0.05) is 78.5 Å². The maximum absolute atomic E-state index is 13.3. The fraction of sp³-hybridized carbons (Fsp3) is 0.343. The number of nitrogens with one attached hydrogen (secondary N) is 4. The summed E-state index contributed by atoms with van der Waals surface area (Å²) in [4.78, 5) is 38.4. The van der Waals surface area contributed by atoms with E-state index in [1.807, 2.05) is 31.2 Å². The van der Waals surface area contributed by atoms with Crippen molar-refractivity contribution in [3.8, 4) is 34.1 Å². The number of carbonyl (C=O) groups excluding carboxylic acids is 2. The average Bonchev–Trinajstić information content (AvgIpc) is 3.52. The van der Waals surface area contributed by atoms with Crippen LogP contribution in [-0.4, -0.2) is 66.8 Å². The zero-order valence-electron chi connectivity index (χ0n) is 27.2. The molecule has 4 N–H and O–H groups in total. The Balaban J connectivity index is 1.32. The number of rotatable bonds is 15. The summed E-state index contributed by atoms with van der Waals surface area (Å²) in [5.74, 6) is 0.659. The molecule has 0 aliphatic carbocycles. The first-order chi connectivity index (χ1) is 23.3. The van der Waals surface area contributed by atoms with Crippen LogP contribution in [0.15, 0.2) is 54.9 Å². The minimum atomic E-state index is -0.405. The molecule has 1 saturated heterocycles. The van der Waals surface area contributed by atoms with Gasteiger partial charge in [-0.05, 0) is 50.1 Å². The highest BCUT2D eigenvalue weighted by molar-refractivity contribution is 6.35. The molecule has 0 unspecified atom stereocenters. The fourth-order valence-electron chi connectivity index (χ4n) is 5.51. The first-order valence-electron chi connectivity index (χ1n) is 15.7. The van der Waals surface area contributed by atoms with Gasteiger partial charge in [-0.1, -0.05) is 29.8 Å². The predicted molar refractivity (Wildman–Crippen MR) is 183 cm³/mol. The molecule has 1 atom stereocenters. The number of benzene rings is 1. The summed E-state index contributed by atoms with van der Waals surface area (Å²) in [6.45, 7) is 3.65. The van der Waals surface area contributed by atoms with E-state index >= 15 is 0 Å². The van der Waals surface area contributed by atoms with Crippen LogP contribution in [0.25, 0.3) is 22.5 Å². The van der Waals surface area contributed by atoms with Crippen LogP contribution in [0.2, 0.25) is 5.02 Å². The Morgan fingerprint density at radius 2 is 1.90 bits per heavy atom. The number of hydrogen-bond acceptors (Lipinski definition) is 9. The summed E-state index contributed by atoms with van der Waals surface area (Å²) >= 11 is 6.98. The number of ether oxygens (including phenoxy) is 2. The van der Waals surface area contributed by atoms with Crippen LogP contribution in [0.4, 0.5) is 10.1 Å². The van der Waals surface area contributed by atoms with Gasteiger partial charge in [0.25, 0.3) is 5.91 Å². The van der Waals surface area contributed by atoms with Gasteiger partial charge in [-0.3, -0.25) is 23.9 Å². The van der Waals surface area contributed by atoms with Crippen molar-refractivity contribution in [3.05, 3.63) is 82.3 Å². The number of halogens is 2. The van der Waals surface area contributed by atoms with E-state index in [1.54, 1.807) is 37.7 Å². The van der Waals surface area contributed by atoms with E-state index in [-0.39, 0.29) is 24.3 Å². The van der Waals surface area contributed by atoms with Crippen LogP contribution in [-0.2, 0) is 17.9 Å². The first-order valence-corrected chi connectivity index (χ1v) is 16.1. The monoisotopic (exact) mass is 675 g/mol. The second-order valence-corrected chi connectivity index (χ2v) is 11.7. The lowest BCUT2D eigenvalue weighted by Crippen LogP contribution is -2.35. The average molecular weight is 676 g/mol. The molecule has 13 heteroatoms. The SMILES string of the molecule is COc1cc(C(=O)Nc2cccc(-c3nccc(-c4ccc(CNC[C@H]5CCC(=O)N5)c(OC)n4)c3Cl)c2C)ncc1CNCCCF. The van der Waals surface area contributed by atoms with Crippen LogP contribution < -0.4 is 30.7 Å². The number of hydrogen-bond donors (Lipinski definition) is 4. The van der Waals surface area contributed by atoms with E-state index < -0.39 is 5.91 Å². The minimum absolute atomic E-state index is 0.0859. The van der Waals surface area contributed by atoms with Crippen LogP contribution in [0.1, 0.15) is 46.4 Å². The van der Waals surface area contributed by atoms with Crippen molar-refractivity contribution in [3.63, 3.8) is 0 Å². The van der Waals surface area contributed by atoms with Gasteiger partial charge >= 0.3 is 0 Å². The number of anilines is 1. The van der Waals surface area contributed by atoms with Crippen molar-refractivity contribution in [1.82, 2.24) is 30.9 Å². The molecular weight excluding hydrogens is 637 g/mol. The molecule has 3 aromatic heterocycles. The fourth-order valence-corrected chi connectivity index (χ4v) is 5.82. The molecule has 1 fully saturated rings. The Kier molecular flexibility index (Phi) is 11.9. The Bertz CT molecular complexity index is 1770. The molecule has 2 amide bonds. The van der Waals surface area contributed by atoms with E-state index in [9.17, 15) is 14.0 Å². The van der Waals surface area contributed by atoms with E-state index in [0.29, 0.717) is 78.3 Å². The maximum atomic E-state index is 13.3. The van der Waals surface area contributed by atoms with Crippen molar-refractivity contribution in [2.24, 2.45) is 0 Å². The lowest BCUT2D eigenvalue weighted by Gasteiger charge is -2.16. The molecule has 4 heterocycles. The number of amides is 2. The zero-order valence-corrected chi connectivity index (χ0v) is 27.9. The summed E-state index contributed by atoms with van der Waals surface area (Å²) in [7, 11) is 3.10. The summed E-state index contributed by atoms with van der Waals surface area (Å²) in [6.07, 6.45) is 5.05. The van der Waals surface area contributed by atoms with Crippen molar-refractivity contribution < 1.29 is 23.5 Å². The number of pyridine rings is 3. The van der Waals surface area contributed by atoms with Gasteiger partial charge in [0.15, 0.2) is 0 Å². The summed E-state index contributed by atoms with van der Waals surface area (Å²) in [5.41, 5.74) is 5.75. The summed E-state index contributed by atoms with van der Waals surface area (Å²) in [6, 6.07) is 12.9. The van der Waals surface area contributed by atoms with E-state index in [1.165, 1.54) is 7.11 Å². The first kappa shape index (κ1) is 34.7. The van der Waals surface area contributed by atoms with Crippen molar-refractivity contribution in [2.45, 2.75) is 45.3 Å². The Morgan fingerprint density at radius 1 is 1.06 bits per heavy atom. The van der Waals surface area contributed by atoms with E-state index in [4.69, 9.17) is 26.1 Å². The van der Waals surface area contributed by atoms with E-state index in [2.05, 4.69) is 31.2 Å². The second kappa shape index (κ2) is 16.4. The van der Waals surface area contributed by atoms with Crippen molar-refractivity contribution in [1.29, 1.82) is 0 Å². The third kappa shape index (κ3) is 8.25. The Hall–Kier alpha value is -4.65. The molecule has 252 valence electrons. The van der Waals surface area contributed by atoms with Gasteiger partial charge in [0.1, 0.15) is 11.4 Å². The quantitative estimate of drug-likeness (QED) is 0.124. The van der Waals surface area contributed by atoms with Gasteiger partial charge in [-0.25, -0.2) is 4.98 Å². The standard InChI is InChI=1S/C35H39ClFN7O4/c1-21-25(6-4-7-27(21)43-34(46)29-16-30(47-2)23(19-41-29)18-38-14-5-13-37)33-32(36)26(12-15-40-33)28-10-8-22(35(44-28)48-3)17-39-20-24-9-11-31(45)42-24/h4,6-8,10,12,15-16,19,24,38-39H,5,9,11,13-14,17-18,20H2,1-3H3,(H,42,45)(H,43,46)/t24-/m1/s1. The van der Waals surface area contributed by atoms with Crippen molar-refractivity contribution >= 4 is 29.1 Å². The number of alkyl halides is 1. The lowest BCUT2D eigenvalue weighted by molar-refractivity contribution is -0.119. The molecule has 48 heavy (non-hydrogen) atoms. The summed E-state index contributed by atoms with van der Waals surface area (Å²) in [5, 5.41) is 12.8. The molecule has 5 rings (SSSR count). The molecule has 1 aliphatic rings. The molecular formula is C35H39ClFN7O4. The highest BCUT2D eigenvalue weighted by Gasteiger charge is 2.21. The number of nitrogens with zero attached hydrogens (tertiary/aromatic N) is 3. The predicted octanol–water partition coefficient (Wildman–Crippen LogP) is 5.25. The molecule has 0 spiro atoms. The third-order valence-electron chi connectivity index (χ3n) is 8.12. The zero-order chi connectivity index (χ0) is 34.0. The van der Waals surface area contributed by atoms with Gasteiger partial charge in [-0.2, -0.15) is 0 Å². The van der Waals surface area contributed by atoms with Gasteiger partial charge in [-0.15, -0.1) is 0 Å². The van der Waals surface area contributed by atoms with Crippen LogP contribution >= 0.6 is 11.6 Å². The lowest BCUT2D eigenvalue weighted by atomic mass is 10.0. The van der Waals surface area contributed by atoms with Crippen LogP contribution in [0, 0.1) is 6.92 Å². The molecule has 4 aromatic rings. The van der Waals surface area contributed by atoms with Crippen LogP contribution in [0.3, 0.4) is 0 Å². The van der Waals surface area contributed by atoms with Gasteiger partial charge in [0.2, 0.25) is 11.8 Å². The molecule has 1 aliphatic heterocycles. The highest BCUT2D eigenvalue weighted by Crippen LogP contribution is 2.38. The minimum Gasteiger partial charge on any atom is -0.496 e. The number of aromatic nitrogens is 3. The molecule has 11 nitrogen and oxygen atoms in total. The molecule has 0 radical (unpaired) electrons. The van der Waals surface area contributed by atoms with E-state index in [0.717, 1.165) is 28.7 Å². The second-order valence-electron chi connectivity index (χ2n) is 11.4. The van der Waals surface area contributed by atoms with Crippen LogP contribution in [0.5, 0.6) is 11.6 Å². The third-order valence-corrected chi connectivity index (χ3v) is 8.51. The Morgan fingerprint density at radius 3 is 2.65 bits per heavy atom. The largest absolute Gasteiger partial charge is 0.496 e. The highest BCUT2D eigenvalue weighted by atomic mass is 35.5. The number of carbonyl (C=O) groups is 2. The number of methoxy groups -OCH3 is 2. The molecule has 0 bridgehead atoms. The van der Waals surface area contributed by atoms with Crippen molar-refractivity contribution in [2.75, 3.05) is 39.3 Å². The van der Waals surface area contributed by atoms with Gasteiger partial charge in [0.05, 0.1) is 37.3 Å². The normalized spacial score (nSPS) is 14.1. The topological polar surface area (TPSA) is 139 Å². The Labute approximate surface area is 284 Å². The smallest absolute Gasteiger partial charge is 0.274 e. The maximum Gasteiger partial charge on any atom is 0.274 e. The summed E-state index contributed by atoms with van der Waals surface area (Å²) < 4.78 is 23.5. The van der Waals surface area contributed by atoms with Gasteiger partial charge < -0.3 is 30.7 Å². The molecule has 1 aromatic carbocycles. The molecule has 0 saturated carbocycles.